The molecule has 11 heteroatoms. The molecule has 3 rings (SSSR count). The molecular weight excluding hydrogens is 442 g/mol. The van der Waals surface area contributed by atoms with Gasteiger partial charge in [-0.2, -0.15) is 4.31 Å². The maximum Gasteiger partial charge on any atom is 0.254 e. The maximum atomic E-state index is 14.0. The zero-order valence-corrected chi connectivity index (χ0v) is 17.8. The van der Waals surface area contributed by atoms with Crippen LogP contribution in [-0.2, 0) is 10.0 Å². The van der Waals surface area contributed by atoms with Crippen molar-refractivity contribution in [1.29, 1.82) is 0 Å². The van der Waals surface area contributed by atoms with Crippen LogP contribution in [0.5, 0.6) is 11.5 Å². The quantitative estimate of drug-likeness (QED) is 0.685. The van der Waals surface area contributed by atoms with Crippen LogP contribution in [0.1, 0.15) is 10.4 Å². The molecule has 1 aliphatic rings. The highest BCUT2D eigenvalue weighted by Crippen LogP contribution is 2.36. The SMILES string of the molecule is COc1cc(C(=O)N2CCN(S(=O)(=O)c3ccc(F)cc3F)CC2)cc(Cl)c1OC. The number of carbonyl (C=O) groups is 1. The molecule has 1 heterocycles. The summed E-state index contributed by atoms with van der Waals surface area (Å²) in [4.78, 5) is 13.7. The molecule has 2 aromatic carbocycles. The lowest BCUT2D eigenvalue weighted by Crippen LogP contribution is -2.50. The topological polar surface area (TPSA) is 76.2 Å². The second kappa shape index (κ2) is 8.75. The first-order chi connectivity index (χ1) is 14.2. The van der Waals surface area contributed by atoms with Gasteiger partial charge in [0.2, 0.25) is 10.0 Å². The minimum Gasteiger partial charge on any atom is -0.493 e. The van der Waals surface area contributed by atoms with Crippen molar-refractivity contribution in [3.05, 3.63) is 52.6 Å². The molecular formula is C19H19ClF2N2O5S. The van der Waals surface area contributed by atoms with Crippen LogP contribution >= 0.6 is 11.6 Å². The number of carbonyl (C=O) groups excluding carboxylic acids is 1. The Kier molecular flexibility index (Phi) is 6.49. The number of halogens is 3. The second-order valence-electron chi connectivity index (χ2n) is 6.46. The summed E-state index contributed by atoms with van der Waals surface area (Å²) >= 11 is 6.15. The maximum absolute atomic E-state index is 14.0. The van der Waals surface area contributed by atoms with Crippen molar-refractivity contribution < 1.29 is 31.5 Å². The van der Waals surface area contributed by atoms with Gasteiger partial charge in [-0.1, -0.05) is 11.6 Å². The normalized spacial score (nSPS) is 15.2. The van der Waals surface area contributed by atoms with Gasteiger partial charge in [-0.15, -0.1) is 0 Å². The van der Waals surface area contributed by atoms with Crippen LogP contribution < -0.4 is 9.47 Å². The third kappa shape index (κ3) is 4.21. The van der Waals surface area contributed by atoms with Gasteiger partial charge >= 0.3 is 0 Å². The van der Waals surface area contributed by atoms with E-state index in [0.717, 1.165) is 16.4 Å². The Hall–Kier alpha value is -2.43. The molecule has 0 saturated carbocycles. The van der Waals surface area contributed by atoms with Crippen molar-refractivity contribution in [3.8, 4) is 11.5 Å². The van der Waals surface area contributed by atoms with Crippen LogP contribution in [0.3, 0.4) is 0 Å². The Labute approximate surface area is 177 Å². The minimum atomic E-state index is -4.15. The molecule has 0 N–H and O–H groups in total. The van der Waals surface area contributed by atoms with Crippen molar-refractivity contribution >= 4 is 27.5 Å². The van der Waals surface area contributed by atoms with E-state index in [-0.39, 0.29) is 42.7 Å². The van der Waals surface area contributed by atoms with Gasteiger partial charge in [0.25, 0.3) is 5.91 Å². The summed E-state index contributed by atoms with van der Waals surface area (Å²) in [6.07, 6.45) is 0. The third-order valence-corrected chi connectivity index (χ3v) is 6.93. The van der Waals surface area contributed by atoms with Gasteiger partial charge < -0.3 is 14.4 Å². The molecule has 0 atom stereocenters. The molecule has 0 aromatic heterocycles. The van der Waals surface area contributed by atoms with Gasteiger partial charge in [0.15, 0.2) is 11.5 Å². The van der Waals surface area contributed by atoms with Crippen LogP contribution in [0.2, 0.25) is 5.02 Å². The molecule has 1 fully saturated rings. The van der Waals surface area contributed by atoms with E-state index in [0.29, 0.717) is 17.6 Å². The monoisotopic (exact) mass is 460 g/mol. The number of hydrogen-bond acceptors (Lipinski definition) is 5. The van der Waals surface area contributed by atoms with E-state index < -0.39 is 26.6 Å². The van der Waals surface area contributed by atoms with E-state index in [4.69, 9.17) is 21.1 Å². The van der Waals surface area contributed by atoms with Crippen LogP contribution in [0.15, 0.2) is 35.2 Å². The largest absolute Gasteiger partial charge is 0.493 e. The number of benzene rings is 2. The van der Waals surface area contributed by atoms with Gasteiger partial charge in [-0.05, 0) is 24.3 Å². The van der Waals surface area contributed by atoms with Gasteiger partial charge in [-0.3, -0.25) is 4.79 Å². The fourth-order valence-electron chi connectivity index (χ4n) is 3.18. The van der Waals surface area contributed by atoms with Gasteiger partial charge in [-0.25, -0.2) is 17.2 Å². The first-order valence-electron chi connectivity index (χ1n) is 8.85. The van der Waals surface area contributed by atoms with Gasteiger partial charge in [0.1, 0.15) is 16.5 Å². The third-order valence-electron chi connectivity index (χ3n) is 4.72. The molecule has 2 aromatic rings. The predicted molar refractivity (Wildman–Crippen MR) is 106 cm³/mol. The Bertz CT molecular complexity index is 1070. The number of hydrogen-bond donors (Lipinski definition) is 0. The van der Waals surface area contributed by atoms with Crippen molar-refractivity contribution in [2.45, 2.75) is 4.90 Å². The van der Waals surface area contributed by atoms with Gasteiger partial charge in [0, 0.05) is 37.8 Å². The molecule has 162 valence electrons. The van der Waals surface area contributed by atoms with Gasteiger partial charge in [0.05, 0.1) is 19.2 Å². The molecule has 30 heavy (non-hydrogen) atoms. The Morgan fingerprint density at radius 3 is 2.27 bits per heavy atom. The van der Waals surface area contributed by atoms with E-state index in [1.54, 1.807) is 0 Å². The summed E-state index contributed by atoms with van der Waals surface area (Å²) < 4.78 is 63.8. The van der Waals surface area contributed by atoms with E-state index in [2.05, 4.69) is 0 Å². The van der Waals surface area contributed by atoms with Crippen LogP contribution in [0.25, 0.3) is 0 Å². The molecule has 1 saturated heterocycles. The van der Waals surface area contributed by atoms with E-state index in [9.17, 15) is 22.0 Å². The first-order valence-corrected chi connectivity index (χ1v) is 10.7. The summed E-state index contributed by atoms with van der Waals surface area (Å²) in [5.74, 6) is -1.79. The van der Waals surface area contributed by atoms with Crippen molar-refractivity contribution in [3.63, 3.8) is 0 Å². The smallest absolute Gasteiger partial charge is 0.254 e. The van der Waals surface area contributed by atoms with Crippen LogP contribution in [0.4, 0.5) is 8.78 Å². The lowest BCUT2D eigenvalue weighted by Gasteiger charge is -2.34. The highest BCUT2D eigenvalue weighted by molar-refractivity contribution is 7.89. The van der Waals surface area contributed by atoms with Crippen molar-refractivity contribution in [1.82, 2.24) is 9.21 Å². The summed E-state index contributed by atoms with van der Waals surface area (Å²) in [5, 5.41) is 0.202. The zero-order chi connectivity index (χ0) is 22.1. The predicted octanol–water partition coefficient (Wildman–Crippen LogP) is 2.78. The second-order valence-corrected chi connectivity index (χ2v) is 8.78. The molecule has 0 aliphatic carbocycles. The molecule has 0 unspecified atom stereocenters. The zero-order valence-electron chi connectivity index (χ0n) is 16.2. The number of sulfonamides is 1. The molecule has 0 spiro atoms. The number of methoxy groups -OCH3 is 2. The molecule has 0 bridgehead atoms. The summed E-state index contributed by atoms with van der Waals surface area (Å²) in [6, 6.07) is 5.24. The summed E-state index contributed by atoms with van der Waals surface area (Å²) in [5.41, 5.74) is 0.263. The molecule has 1 aliphatic heterocycles. The first kappa shape index (κ1) is 22.3. The van der Waals surface area contributed by atoms with Crippen molar-refractivity contribution in [2.24, 2.45) is 0 Å². The Morgan fingerprint density at radius 2 is 1.70 bits per heavy atom. The van der Waals surface area contributed by atoms with Crippen LogP contribution in [0, 0.1) is 11.6 Å². The number of ether oxygens (including phenoxy) is 2. The lowest BCUT2D eigenvalue weighted by atomic mass is 10.1. The number of piperazine rings is 1. The summed E-state index contributed by atoms with van der Waals surface area (Å²) in [6.45, 7) is 0.109. The lowest BCUT2D eigenvalue weighted by molar-refractivity contribution is 0.0697. The Morgan fingerprint density at radius 1 is 1.03 bits per heavy atom. The average Bonchev–Trinajstić information content (AvgIpc) is 2.72. The van der Waals surface area contributed by atoms with E-state index in [1.807, 2.05) is 0 Å². The minimum absolute atomic E-state index is 0.0358. The summed E-state index contributed by atoms with van der Waals surface area (Å²) in [7, 11) is -1.31. The van der Waals surface area contributed by atoms with Crippen molar-refractivity contribution in [2.75, 3.05) is 40.4 Å². The number of rotatable bonds is 5. The molecule has 0 radical (unpaired) electrons. The van der Waals surface area contributed by atoms with E-state index in [1.165, 1.54) is 31.3 Å². The Balaban J connectivity index is 1.75. The average molecular weight is 461 g/mol. The highest BCUT2D eigenvalue weighted by Gasteiger charge is 2.32. The number of nitrogens with zero attached hydrogens (tertiary/aromatic N) is 2. The standard InChI is InChI=1S/C19H19ClF2N2O5S/c1-28-16-10-12(9-14(20)18(16)29-2)19(25)23-5-7-24(8-6-23)30(26,27)17-4-3-13(21)11-15(17)22/h3-4,9-11H,5-8H2,1-2H3. The van der Waals surface area contributed by atoms with Crippen LogP contribution in [-0.4, -0.2) is 63.9 Å². The fraction of sp³-hybridized carbons (Fsp3) is 0.316. The molecule has 1 amide bonds. The van der Waals surface area contributed by atoms with E-state index >= 15 is 0 Å². The highest BCUT2D eigenvalue weighted by atomic mass is 35.5. The fourth-order valence-corrected chi connectivity index (χ4v) is 4.93. The number of amides is 1. The molecule has 7 nitrogen and oxygen atoms in total.